The number of aromatic carboxylic acids is 1. The van der Waals surface area contributed by atoms with Crippen molar-refractivity contribution in [1.82, 2.24) is 4.98 Å². The van der Waals surface area contributed by atoms with Gasteiger partial charge < -0.3 is 15.3 Å². The number of carboxylic acids is 1. The van der Waals surface area contributed by atoms with Gasteiger partial charge in [0.05, 0.1) is 10.8 Å². The Hall–Kier alpha value is -3.33. The van der Waals surface area contributed by atoms with Crippen molar-refractivity contribution < 1.29 is 14.3 Å². The van der Waals surface area contributed by atoms with Crippen molar-refractivity contribution >= 4 is 33.9 Å². The van der Waals surface area contributed by atoms with Crippen molar-refractivity contribution in [2.24, 2.45) is 5.92 Å². The molecule has 0 aliphatic heterocycles. The zero-order chi connectivity index (χ0) is 16.8. The lowest BCUT2D eigenvalue weighted by Crippen LogP contribution is -2.09. The molecule has 0 atom stereocenters. The minimum Gasteiger partial charge on any atom is -0.478 e. The molecule has 3 aromatic rings. The van der Waals surface area contributed by atoms with Crippen LogP contribution in [0.5, 0.6) is 0 Å². The molecule has 2 aromatic heterocycles. The third kappa shape index (κ3) is 2.36. The summed E-state index contributed by atoms with van der Waals surface area (Å²) in [6.45, 7) is 0. The molecule has 0 bridgehead atoms. The standard InChI is InChI=1S/C18H12N2O4/c19-16-13(18(22)23)8-12-15(21)11-7-10(4-3-9-1-2-9)5-6-14(11)24-17(12)20-16/h5-9H,1-2H2,(H2,19,20)(H,22,23). The summed E-state index contributed by atoms with van der Waals surface area (Å²) in [5, 5.41) is 9.56. The van der Waals surface area contributed by atoms with E-state index in [-0.39, 0.29) is 27.9 Å². The molecule has 1 aliphatic rings. The van der Waals surface area contributed by atoms with Gasteiger partial charge in [0.15, 0.2) is 0 Å². The Bertz CT molecular complexity index is 1130. The first-order valence-corrected chi connectivity index (χ1v) is 7.45. The summed E-state index contributed by atoms with van der Waals surface area (Å²) in [5.41, 5.74) is 6.14. The third-order valence-electron chi connectivity index (χ3n) is 3.92. The summed E-state index contributed by atoms with van der Waals surface area (Å²) in [6, 6.07) is 6.30. The summed E-state index contributed by atoms with van der Waals surface area (Å²) in [7, 11) is 0. The lowest BCUT2D eigenvalue weighted by molar-refractivity contribution is 0.0698. The first-order chi connectivity index (χ1) is 11.5. The number of fused-ring (bicyclic) bond motifs is 2. The quantitative estimate of drug-likeness (QED) is 0.526. The van der Waals surface area contributed by atoms with Gasteiger partial charge in [-0.05, 0) is 37.1 Å². The number of nitrogen functional groups attached to an aromatic ring is 1. The SMILES string of the molecule is Nc1nc2oc3ccc(C#CC4CC4)cc3c(=O)c2cc1C(=O)O. The molecule has 1 aliphatic carbocycles. The number of pyridine rings is 1. The smallest absolute Gasteiger partial charge is 0.339 e. The van der Waals surface area contributed by atoms with E-state index >= 15 is 0 Å². The summed E-state index contributed by atoms with van der Waals surface area (Å²) in [6.07, 6.45) is 2.25. The second-order valence-corrected chi connectivity index (χ2v) is 5.76. The summed E-state index contributed by atoms with van der Waals surface area (Å²) in [5.74, 6) is 5.21. The monoisotopic (exact) mass is 320 g/mol. The van der Waals surface area contributed by atoms with Gasteiger partial charge in [-0.2, -0.15) is 4.98 Å². The first-order valence-electron chi connectivity index (χ1n) is 7.45. The highest BCUT2D eigenvalue weighted by molar-refractivity contribution is 5.98. The van der Waals surface area contributed by atoms with Gasteiger partial charge in [0.2, 0.25) is 11.1 Å². The molecule has 1 fully saturated rings. The zero-order valence-electron chi connectivity index (χ0n) is 12.5. The highest BCUT2D eigenvalue weighted by Crippen LogP contribution is 2.28. The van der Waals surface area contributed by atoms with E-state index in [0.717, 1.165) is 18.4 Å². The van der Waals surface area contributed by atoms with Gasteiger partial charge in [-0.15, -0.1) is 0 Å². The number of hydrogen-bond donors (Lipinski definition) is 2. The number of aromatic nitrogens is 1. The van der Waals surface area contributed by atoms with E-state index in [1.165, 1.54) is 6.07 Å². The van der Waals surface area contributed by atoms with E-state index in [1.54, 1.807) is 18.2 Å². The molecular weight excluding hydrogens is 308 g/mol. The average Bonchev–Trinajstić information content (AvgIpc) is 3.37. The Balaban J connectivity index is 1.97. The minimum absolute atomic E-state index is 0.0202. The molecule has 24 heavy (non-hydrogen) atoms. The van der Waals surface area contributed by atoms with Crippen LogP contribution in [0.3, 0.4) is 0 Å². The first kappa shape index (κ1) is 14.3. The summed E-state index contributed by atoms with van der Waals surface area (Å²) < 4.78 is 5.60. The number of nitrogens with zero attached hydrogens (tertiary/aromatic N) is 1. The highest BCUT2D eigenvalue weighted by atomic mass is 16.4. The second-order valence-electron chi connectivity index (χ2n) is 5.76. The van der Waals surface area contributed by atoms with E-state index in [0.29, 0.717) is 16.9 Å². The molecule has 0 spiro atoms. The van der Waals surface area contributed by atoms with Gasteiger partial charge in [-0.25, -0.2) is 4.79 Å². The van der Waals surface area contributed by atoms with Crippen molar-refractivity contribution in [2.75, 3.05) is 5.73 Å². The van der Waals surface area contributed by atoms with Gasteiger partial charge in [0.25, 0.3) is 0 Å². The maximum absolute atomic E-state index is 12.7. The van der Waals surface area contributed by atoms with Crippen molar-refractivity contribution in [3.8, 4) is 11.8 Å². The largest absolute Gasteiger partial charge is 0.478 e. The Kier molecular flexibility index (Phi) is 3.03. The van der Waals surface area contributed by atoms with E-state index in [2.05, 4.69) is 16.8 Å². The van der Waals surface area contributed by atoms with Gasteiger partial charge in [-0.3, -0.25) is 4.79 Å². The molecule has 6 nitrogen and oxygen atoms in total. The van der Waals surface area contributed by atoms with E-state index in [4.69, 9.17) is 15.3 Å². The molecule has 0 unspecified atom stereocenters. The van der Waals surface area contributed by atoms with E-state index in [1.807, 2.05) is 0 Å². The fraction of sp³-hybridized carbons (Fsp3) is 0.167. The van der Waals surface area contributed by atoms with Crippen molar-refractivity contribution in [1.29, 1.82) is 0 Å². The van der Waals surface area contributed by atoms with Crippen molar-refractivity contribution in [3.05, 3.63) is 45.6 Å². The third-order valence-corrected chi connectivity index (χ3v) is 3.92. The van der Waals surface area contributed by atoms with E-state index < -0.39 is 5.97 Å². The van der Waals surface area contributed by atoms with Crippen LogP contribution in [0.15, 0.2) is 33.5 Å². The van der Waals surface area contributed by atoms with Crippen LogP contribution >= 0.6 is 0 Å². The molecule has 2 heterocycles. The van der Waals surface area contributed by atoms with Gasteiger partial charge in [0, 0.05) is 11.5 Å². The molecule has 3 N–H and O–H groups in total. The van der Waals surface area contributed by atoms with Crippen LogP contribution in [-0.4, -0.2) is 16.1 Å². The van der Waals surface area contributed by atoms with Crippen LogP contribution < -0.4 is 11.2 Å². The lowest BCUT2D eigenvalue weighted by Gasteiger charge is -2.04. The van der Waals surface area contributed by atoms with Crippen LogP contribution in [0.1, 0.15) is 28.8 Å². The number of benzene rings is 1. The molecule has 1 saturated carbocycles. The van der Waals surface area contributed by atoms with E-state index in [9.17, 15) is 9.59 Å². The molecule has 0 amide bonds. The maximum atomic E-state index is 12.7. The second kappa shape index (κ2) is 5.10. The molecule has 4 rings (SSSR count). The average molecular weight is 320 g/mol. The summed E-state index contributed by atoms with van der Waals surface area (Å²) in [4.78, 5) is 27.8. The van der Waals surface area contributed by atoms with Crippen LogP contribution in [0.2, 0.25) is 0 Å². The van der Waals surface area contributed by atoms with Gasteiger partial charge in [-0.1, -0.05) is 11.8 Å². The zero-order valence-corrected chi connectivity index (χ0v) is 12.5. The predicted octanol–water partition coefficient (Wildman–Crippen LogP) is 2.38. The molecule has 1 aromatic carbocycles. The van der Waals surface area contributed by atoms with Crippen LogP contribution in [0.25, 0.3) is 22.1 Å². The van der Waals surface area contributed by atoms with Gasteiger partial charge >= 0.3 is 5.97 Å². The molecule has 6 heteroatoms. The number of hydrogen-bond acceptors (Lipinski definition) is 5. The Labute approximate surface area is 135 Å². The fourth-order valence-corrected chi connectivity index (χ4v) is 2.46. The number of carbonyl (C=O) groups is 1. The van der Waals surface area contributed by atoms with Crippen LogP contribution in [-0.2, 0) is 0 Å². The van der Waals surface area contributed by atoms with Crippen LogP contribution in [0.4, 0.5) is 5.82 Å². The topological polar surface area (TPSA) is 106 Å². The highest BCUT2D eigenvalue weighted by Gasteiger charge is 2.18. The predicted molar refractivity (Wildman–Crippen MR) is 88.8 cm³/mol. The van der Waals surface area contributed by atoms with Crippen molar-refractivity contribution in [2.45, 2.75) is 12.8 Å². The van der Waals surface area contributed by atoms with Crippen LogP contribution in [0, 0.1) is 17.8 Å². The van der Waals surface area contributed by atoms with Crippen molar-refractivity contribution in [3.63, 3.8) is 0 Å². The molecule has 118 valence electrons. The molecular formula is C18H12N2O4. The Morgan fingerprint density at radius 3 is 2.79 bits per heavy atom. The Morgan fingerprint density at radius 1 is 1.29 bits per heavy atom. The fourth-order valence-electron chi connectivity index (χ4n) is 2.46. The lowest BCUT2D eigenvalue weighted by atomic mass is 10.1. The number of nitrogens with two attached hydrogens (primary N) is 1. The molecule has 0 radical (unpaired) electrons. The Morgan fingerprint density at radius 2 is 2.08 bits per heavy atom. The molecule has 0 saturated heterocycles. The van der Waals surface area contributed by atoms with Gasteiger partial charge in [0.1, 0.15) is 17.0 Å². The number of carboxylic acid groups (broad SMARTS) is 1. The summed E-state index contributed by atoms with van der Waals surface area (Å²) >= 11 is 0. The normalized spacial score (nSPS) is 13.7. The maximum Gasteiger partial charge on any atom is 0.339 e. The minimum atomic E-state index is -1.24. The number of rotatable bonds is 1. The number of anilines is 1.